The van der Waals surface area contributed by atoms with Crippen LogP contribution in [-0.2, 0) is 16.1 Å². The van der Waals surface area contributed by atoms with Gasteiger partial charge in [0.05, 0.1) is 0 Å². The summed E-state index contributed by atoms with van der Waals surface area (Å²) in [6.45, 7) is 0.437. The van der Waals surface area contributed by atoms with Crippen molar-refractivity contribution in [1.82, 2.24) is 5.32 Å². The Bertz CT molecular complexity index is 666. The fourth-order valence-corrected chi connectivity index (χ4v) is 2.27. The Hall–Kier alpha value is -2.33. The molecule has 2 rings (SSSR count). The molecule has 0 aromatic heterocycles. The number of carbonyl (C=O) groups is 2. The Labute approximate surface area is 140 Å². The van der Waals surface area contributed by atoms with E-state index in [4.69, 9.17) is 16.7 Å². The van der Waals surface area contributed by atoms with E-state index in [1.807, 2.05) is 48.5 Å². The standard InChI is InChI=1S/C18H18ClNO3/c19-16-10-8-15(9-11-16)14-6-4-13(5-7-14)12-20-17(21)2-1-3-18(22)23/h4-11H,1-3,12H2,(H,20,21)(H,22,23). The van der Waals surface area contributed by atoms with E-state index in [1.165, 1.54) is 0 Å². The number of carbonyl (C=O) groups excluding carboxylic acids is 1. The van der Waals surface area contributed by atoms with Gasteiger partial charge in [-0.2, -0.15) is 0 Å². The van der Waals surface area contributed by atoms with Crippen LogP contribution in [-0.4, -0.2) is 17.0 Å². The summed E-state index contributed by atoms with van der Waals surface area (Å²) in [4.78, 5) is 22.0. The minimum Gasteiger partial charge on any atom is -0.481 e. The molecule has 0 unspecified atom stereocenters. The first kappa shape index (κ1) is 17.0. The lowest BCUT2D eigenvalue weighted by Crippen LogP contribution is -2.22. The highest BCUT2D eigenvalue weighted by Gasteiger charge is 2.04. The third-order valence-electron chi connectivity index (χ3n) is 3.42. The fraction of sp³-hybridized carbons (Fsp3) is 0.222. The molecule has 0 spiro atoms. The maximum Gasteiger partial charge on any atom is 0.303 e. The van der Waals surface area contributed by atoms with E-state index in [9.17, 15) is 9.59 Å². The molecule has 1 amide bonds. The average Bonchev–Trinajstić information content (AvgIpc) is 2.54. The van der Waals surface area contributed by atoms with Gasteiger partial charge in [0.25, 0.3) is 0 Å². The summed E-state index contributed by atoms with van der Waals surface area (Å²) in [5.41, 5.74) is 3.16. The molecule has 0 saturated carbocycles. The van der Waals surface area contributed by atoms with Gasteiger partial charge in [-0.1, -0.05) is 48.0 Å². The highest BCUT2D eigenvalue weighted by Crippen LogP contribution is 2.21. The summed E-state index contributed by atoms with van der Waals surface area (Å²) >= 11 is 5.88. The monoisotopic (exact) mass is 331 g/mol. The number of carboxylic acid groups (broad SMARTS) is 1. The minimum atomic E-state index is -0.879. The number of rotatable bonds is 7. The predicted molar refractivity (Wildman–Crippen MR) is 90.2 cm³/mol. The van der Waals surface area contributed by atoms with Crippen molar-refractivity contribution in [1.29, 1.82) is 0 Å². The molecule has 120 valence electrons. The number of halogens is 1. The molecule has 2 aromatic carbocycles. The SMILES string of the molecule is O=C(O)CCCC(=O)NCc1ccc(-c2ccc(Cl)cc2)cc1. The summed E-state index contributed by atoms with van der Waals surface area (Å²) < 4.78 is 0. The second-order valence-corrected chi connectivity index (χ2v) is 5.66. The zero-order valence-electron chi connectivity index (χ0n) is 12.6. The molecule has 0 aliphatic carbocycles. The second kappa shape index (κ2) is 8.34. The van der Waals surface area contributed by atoms with Gasteiger partial charge in [0.15, 0.2) is 0 Å². The molecule has 0 bridgehead atoms. The van der Waals surface area contributed by atoms with Crippen LogP contribution in [0.5, 0.6) is 0 Å². The summed E-state index contributed by atoms with van der Waals surface area (Å²) in [6.07, 6.45) is 0.606. The molecule has 0 radical (unpaired) electrons. The van der Waals surface area contributed by atoms with Gasteiger partial charge in [0, 0.05) is 24.4 Å². The zero-order valence-corrected chi connectivity index (χ0v) is 13.3. The quantitative estimate of drug-likeness (QED) is 0.809. The van der Waals surface area contributed by atoms with Crippen molar-refractivity contribution in [3.8, 4) is 11.1 Å². The van der Waals surface area contributed by atoms with Crippen LogP contribution >= 0.6 is 11.6 Å². The summed E-state index contributed by atoms with van der Waals surface area (Å²) in [5.74, 6) is -1.01. The van der Waals surface area contributed by atoms with E-state index in [1.54, 1.807) is 0 Å². The largest absolute Gasteiger partial charge is 0.481 e. The maximum absolute atomic E-state index is 11.6. The van der Waals surface area contributed by atoms with E-state index in [0.717, 1.165) is 16.7 Å². The van der Waals surface area contributed by atoms with Crippen molar-refractivity contribution in [2.75, 3.05) is 0 Å². The van der Waals surface area contributed by atoms with Crippen LogP contribution in [0, 0.1) is 0 Å². The lowest BCUT2D eigenvalue weighted by molar-refractivity contribution is -0.137. The molecule has 5 heteroatoms. The molecular weight excluding hydrogens is 314 g/mol. The van der Waals surface area contributed by atoms with Crippen LogP contribution < -0.4 is 5.32 Å². The molecule has 0 aliphatic heterocycles. The molecule has 0 heterocycles. The van der Waals surface area contributed by atoms with Crippen LogP contribution in [0.4, 0.5) is 0 Å². The topological polar surface area (TPSA) is 66.4 Å². The molecule has 2 aromatic rings. The van der Waals surface area contributed by atoms with Crippen LogP contribution in [0.3, 0.4) is 0 Å². The van der Waals surface area contributed by atoms with Crippen molar-refractivity contribution in [3.63, 3.8) is 0 Å². The van der Waals surface area contributed by atoms with Crippen molar-refractivity contribution in [2.45, 2.75) is 25.8 Å². The van der Waals surface area contributed by atoms with Crippen LogP contribution in [0.15, 0.2) is 48.5 Å². The predicted octanol–water partition coefficient (Wildman–Crippen LogP) is 3.88. The first-order chi connectivity index (χ1) is 11.0. The number of nitrogens with one attached hydrogen (secondary N) is 1. The van der Waals surface area contributed by atoms with E-state index >= 15 is 0 Å². The van der Waals surface area contributed by atoms with Gasteiger partial charge >= 0.3 is 5.97 Å². The molecule has 2 N–H and O–H groups in total. The normalized spacial score (nSPS) is 10.3. The van der Waals surface area contributed by atoms with Gasteiger partial charge in [0.1, 0.15) is 0 Å². The zero-order chi connectivity index (χ0) is 16.7. The summed E-state index contributed by atoms with van der Waals surface area (Å²) in [7, 11) is 0. The fourth-order valence-electron chi connectivity index (χ4n) is 2.15. The van der Waals surface area contributed by atoms with Gasteiger partial charge in [-0.25, -0.2) is 0 Å². The van der Waals surface area contributed by atoms with Crippen molar-refractivity contribution >= 4 is 23.5 Å². The molecular formula is C18H18ClNO3. The van der Waals surface area contributed by atoms with Gasteiger partial charge < -0.3 is 10.4 Å². The van der Waals surface area contributed by atoms with Crippen molar-refractivity contribution in [3.05, 3.63) is 59.1 Å². The van der Waals surface area contributed by atoms with E-state index < -0.39 is 5.97 Å². The molecule has 0 saturated heterocycles. The first-order valence-corrected chi connectivity index (χ1v) is 7.76. The van der Waals surface area contributed by atoms with Gasteiger partial charge in [-0.3, -0.25) is 9.59 Å². The summed E-state index contributed by atoms with van der Waals surface area (Å²) in [6, 6.07) is 15.5. The number of aliphatic carboxylic acids is 1. The van der Waals surface area contributed by atoms with Gasteiger partial charge in [-0.15, -0.1) is 0 Å². The smallest absolute Gasteiger partial charge is 0.303 e. The summed E-state index contributed by atoms with van der Waals surface area (Å²) in [5, 5.41) is 12.0. The van der Waals surface area contributed by atoms with Crippen LogP contribution in [0.1, 0.15) is 24.8 Å². The van der Waals surface area contributed by atoms with Crippen molar-refractivity contribution < 1.29 is 14.7 Å². The number of hydrogen-bond donors (Lipinski definition) is 2. The second-order valence-electron chi connectivity index (χ2n) is 5.23. The van der Waals surface area contributed by atoms with Gasteiger partial charge in [0.2, 0.25) is 5.91 Å². The van der Waals surface area contributed by atoms with E-state index in [-0.39, 0.29) is 18.7 Å². The van der Waals surface area contributed by atoms with Crippen molar-refractivity contribution in [2.24, 2.45) is 0 Å². The van der Waals surface area contributed by atoms with Crippen LogP contribution in [0.2, 0.25) is 5.02 Å². The highest BCUT2D eigenvalue weighted by molar-refractivity contribution is 6.30. The Kier molecular flexibility index (Phi) is 6.18. The Morgan fingerprint density at radius 2 is 1.48 bits per heavy atom. The molecule has 23 heavy (non-hydrogen) atoms. The first-order valence-electron chi connectivity index (χ1n) is 7.38. The molecule has 4 nitrogen and oxygen atoms in total. The average molecular weight is 332 g/mol. The number of hydrogen-bond acceptors (Lipinski definition) is 2. The molecule has 0 atom stereocenters. The lowest BCUT2D eigenvalue weighted by atomic mass is 10.0. The third kappa shape index (κ3) is 5.75. The van der Waals surface area contributed by atoms with Gasteiger partial charge in [-0.05, 0) is 35.2 Å². The highest BCUT2D eigenvalue weighted by atomic mass is 35.5. The molecule has 0 fully saturated rings. The lowest BCUT2D eigenvalue weighted by Gasteiger charge is -2.07. The maximum atomic E-state index is 11.6. The Morgan fingerprint density at radius 1 is 0.913 bits per heavy atom. The van der Waals surface area contributed by atoms with E-state index in [0.29, 0.717) is 18.0 Å². The molecule has 0 aliphatic rings. The Morgan fingerprint density at radius 3 is 2.04 bits per heavy atom. The third-order valence-corrected chi connectivity index (χ3v) is 3.67. The number of amides is 1. The Balaban J connectivity index is 1.84. The van der Waals surface area contributed by atoms with E-state index in [2.05, 4.69) is 5.32 Å². The number of benzene rings is 2. The minimum absolute atomic E-state index is 0.0171. The van der Waals surface area contributed by atoms with Crippen LogP contribution in [0.25, 0.3) is 11.1 Å². The number of carboxylic acids is 1.